The molecule has 4 N–H and O–H groups in total. The van der Waals surface area contributed by atoms with Crippen molar-refractivity contribution in [1.29, 1.82) is 0 Å². The number of thioether (sulfide) groups is 2. The minimum atomic E-state index is -0.658. The maximum Gasteiger partial charge on any atom is 0.407 e. The van der Waals surface area contributed by atoms with Gasteiger partial charge in [-0.3, -0.25) is 9.59 Å². The molecule has 4 heterocycles. The third-order valence-corrected chi connectivity index (χ3v) is 14.4. The minimum absolute atomic E-state index is 0.106. The number of benzene rings is 3. The predicted octanol–water partition coefficient (Wildman–Crippen LogP) is 8.30. The second kappa shape index (κ2) is 21.7. The third kappa shape index (κ3) is 10.6. The molecule has 2 aromatic heterocycles. The SMILES string of the molecule is COC(=O)N[C@@H](CCSC)C(=O)N1CCC[C@H]1c1nc(-c2ccc(-c3cc4ccc3CCc3ccc(c(-c5c[nH]c([C@@H]6CCCN6C(=O)[C@H](CCSC)NC(=O)OC)n5)c3)CC4)cc2)c[nH]1. The molecule has 16 heteroatoms. The van der Waals surface area contributed by atoms with E-state index < -0.39 is 24.3 Å². The summed E-state index contributed by atoms with van der Waals surface area (Å²) < 4.78 is 9.65. The fourth-order valence-electron chi connectivity index (χ4n) is 9.60. The number of nitrogens with zero attached hydrogens (tertiary/aromatic N) is 4. The molecule has 2 saturated heterocycles. The van der Waals surface area contributed by atoms with Crippen LogP contribution in [-0.4, -0.2) is 117 Å². The Hall–Kier alpha value is -5.74. The summed E-state index contributed by atoms with van der Waals surface area (Å²) in [4.78, 5) is 72.4. The van der Waals surface area contributed by atoms with Crippen LogP contribution >= 0.6 is 23.5 Å². The number of hydrogen-bond acceptors (Lipinski definition) is 10. The molecule has 2 fully saturated rings. The van der Waals surface area contributed by atoms with Gasteiger partial charge in [0.05, 0.1) is 37.7 Å². The topological polar surface area (TPSA) is 175 Å². The molecule has 0 spiro atoms. The van der Waals surface area contributed by atoms with Gasteiger partial charge in [-0.1, -0.05) is 54.6 Å². The predicted molar refractivity (Wildman–Crippen MR) is 260 cm³/mol. The number of aromatic amines is 2. The maximum absolute atomic E-state index is 13.8. The molecule has 0 radical (unpaired) electrons. The first-order valence-electron chi connectivity index (χ1n) is 22.9. The number of hydrogen-bond donors (Lipinski definition) is 4. The van der Waals surface area contributed by atoms with Crippen LogP contribution in [0.3, 0.4) is 0 Å². The van der Waals surface area contributed by atoms with Gasteiger partial charge in [-0.25, -0.2) is 19.6 Å². The van der Waals surface area contributed by atoms with Crippen LogP contribution in [0.5, 0.6) is 0 Å². The highest BCUT2D eigenvalue weighted by molar-refractivity contribution is 7.98. The first-order chi connectivity index (χ1) is 32.2. The molecule has 4 aliphatic carbocycles. The Balaban J connectivity index is 0.959. The van der Waals surface area contributed by atoms with Crippen LogP contribution in [0.1, 0.15) is 84.5 Å². The number of carbonyl (C=O) groups excluding carboxylic acids is 4. The molecule has 4 amide bonds. The number of alkyl carbamates (subject to hydrolysis) is 2. The van der Waals surface area contributed by atoms with Crippen LogP contribution in [0.15, 0.2) is 73.1 Å². The highest BCUT2D eigenvalue weighted by atomic mass is 32.2. The lowest BCUT2D eigenvalue weighted by molar-refractivity contribution is -0.135. The summed E-state index contributed by atoms with van der Waals surface area (Å²) in [5.74, 6) is 2.77. The maximum atomic E-state index is 13.8. The smallest absolute Gasteiger partial charge is 0.407 e. The van der Waals surface area contributed by atoms with Gasteiger partial charge < -0.3 is 39.9 Å². The Morgan fingerprint density at radius 3 is 1.64 bits per heavy atom. The molecule has 2 aliphatic heterocycles. The number of likely N-dealkylation sites (tertiary alicyclic amines) is 2. The van der Waals surface area contributed by atoms with Crippen molar-refractivity contribution < 1.29 is 28.7 Å². The van der Waals surface area contributed by atoms with E-state index in [1.807, 2.05) is 34.7 Å². The van der Waals surface area contributed by atoms with E-state index >= 15 is 0 Å². The number of methoxy groups -OCH3 is 2. The number of aryl methyl sites for hydroxylation is 4. The van der Waals surface area contributed by atoms with Crippen molar-refractivity contribution in [3.05, 3.63) is 107 Å². The highest BCUT2D eigenvalue weighted by Crippen LogP contribution is 2.36. The molecule has 3 aromatic carbocycles. The number of aromatic nitrogens is 4. The summed E-state index contributed by atoms with van der Waals surface area (Å²) in [6, 6.07) is 20.6. The Labute approximate surface area is 395 Å². The summed E-state index contributed by atoms with van der Waals surface area (Å²) in [5, 5.41) is 5.50. The fourth-order valence-corrected chi connectivity index (χ4v) is 10.5. The molecule has 0 unspecified atom stereocenters. The average molecular weight is 933 g/mol. The Morgan fingerprint density at radius 2 is 1.12 bits per heavy atom. The first-order valence-corrected chi connectivity index (χ1v) is 25.7. The summed E-state index contributed by atoms with van der Waals surface area (Å²) >= 11 is 3.27. The normalized spacial score (nSPS) is 17.8. The molecule has 348 valence electrons. The fraction of sp³-hybridized carbons (Fsp3) is 0.440. The van der Waals surface area contributed by atoms with Crippen LogP contribution in [0.4, 0.5) is 9.59 Å². The largest absolute Gasteiger partial charge is 0.453 e. The van der Waals surface area contributed by atoms with E-state index in [9.17, 15) is 19.2 Å². The van der Waals surface area contributed by atoms with Gasteiger partial charge >= 0.3 is 12.2 Å². The number of H-pyrrole nitrogens is 2. The van der Waals surface area contributed by atoms with E-state index in [1.165, 1.54) is 42.0 Å². The van der Waals surface area contributed by atoms with E-state index in [2.05, 4.69) is 81.3 Å². The second-order valence-corrected chi connectivity index (χ2v) is 19.2. The van der Waals surface area contributed by atoms with Gasteiger partial charge in [0.25, 0.3) is 0 Å². The van der Waals surface area contributed by atoms with Crippen molar-refractivity contribution in [3.8, 4) is 33.6 Å². The van der Waals surface area contributed by atoms with Gasteiger partial charge in [0.15, 0.2) is 0 Å². The van der Waals surface area contributed by atoms with Crippen molar-refractivity contribution in [2.75, 3.05) is 51.3 Å². The van der Waals surface area contributed by atoms with E-state index in [4.69, 9.17) is 19.4 Å². The van der Waals surface area contributed by atoms with Crippen molar-refractivity contribution >= 4 is 47.5 Å². The molecule has 4 bridgehead atoms. The molecule has 14 nitrogen and oxygen atoms in total. The van der Waals surface area contributed by atoms with Crippen molar-refractivity contribution in [2.45, 2.75) is 88.4 Å². The summed E-state index contributed by atoms with van der Waals surface area (Å²) in [7, 11) is 2.62. The molecule has 11 rings (SSSR count). The molecule has 0 saturated carbocycles. The van der Waals surface area contributed by atoms with Gasteiger partial charge in [-0.2, -0.15) is 23.5 Å². The van der Waals surface area contributed by atoms with Crippen molar-refractivity contribution in [2.24, 2.45) is 0 Å². The molecular formula is C50H60N8O6S2. The zero-order valence-corrected chi connectivity index (χ0v) is 39.8. The standard InChI is InChI=1S/C50H60N8O6S2/c1-63-49(61)55-39(21-25-65-3)47(59)57-23-5-7-43(57)45-51-29-41(53-45)36-19-17-34(18-20-36)37-27-31-9-13-33(37)14-10-32-12-16-35(15-11-31)38(28-32)42-30-52-46(54-42)44-8-6-24-58(44)48(60)40(22-26-66-4)56-50(62)64-2/h9,12-13,16-20,27-30,39-40,43-44H,5-8,10-11,14-15,21-26H2,1-4H3,(H,51,53)(H,52,54)(H,55,61)(H,56,62)/t39-,40-,43-,44-/m0/s1. The van der Waals surface area contributed by atoms with E-state index in [0.717, 1.165) is 103 Å². The Kier molecular flexibility index (Phi) is 15.4. The molecule has 6 aliphatic rings. The minimum Gasteiger partial charge on any atom is -0.453 e. The van der Waals surface area contributed by atoms with Crippen molar-refractivity contribution in [3.63, 3.8) is 0 Å². The Morgan fingerprint density at radius 1 is 0.652 bits per heavy atom. The van der Waals surface area contributed by atoms with Crippen LogP contribution in [0, 0.1) is 0 Å². The molecule has 5 aromatic rings. The highest BCUT2D eigenvalue weighted by Gasteiger charge is 2.38. The van der Waals surface area contributed by atoms with E-state index in [0.29, 0.717) is 25.9 Å². The van der Waals surface area contributed by atoms with Gasteiger partial charge in [0, 0.05) is 36.6 Å². The number of amides is 4. The number of ether oxygens (including phenoxy) is 2. The second-order valence-electron chi connectivity index (χ2n) is 17.2. The lowest BCUT2D eigenvalue weighted by Gasteiger charge is -2.28. The summed E-state index contributed by atoms with van der Waals surface area (Å²) in [6.07, 6.45) is 14.4. The van der Waals surface area contributed by atoms with Crippen LogP contribution in [0.25, 0.3) is 33.6 Å². The van der Waals surface area contributed by atoms with Gasteiger partial charge in [-0.05, 0) is 128 Å². The zero-order chi connectivity index (χ0) is 46.2. The number of rotatable bonds is 15. The first kappa shape index (κ1) is 46.8. The third-order valence-electron chi connectivity index (χ3n) is 13.2. The lowest BCUT2D eigenvalue weighted by Crippen LogP contribution is -2.48. The number of imidazole rings is 2. The summed E-state index contributed by atoms with van der Waals surface area (Å²) in [5.41, 5.74) is 11.2. The molecule has 66 heavy (non-hydrogen) atoms. The lowest BCUT2D eigenvalue weighted by atomic mass is 9.88. The zero-order valence-electron chi connectivity index (χ0n) is 38.2. The van der Waals surface area contributed by atoms with Crippen molar-refractivity contribution in [1.82, 2.24) is 40.4 Å². The van der Waals surface area contributed by atoms with Gasteiger partial charge in [0.1, 0.15) is 23.7 Å². The molecule has 4 atom stereocenters. The number of carbonyl (C=O) groups is 4. The summed E-state index contributed by atoms with van der Waals surface area (Å²) in [6.45, 7) is 1.22. The Bertz CT molecular complexity index is 2510. The quantitative estimate of drug-likeness (QED) is 0.0800. The van der Waals surface area contributed by atoms with Gasteiger partial charge in [-0.15, -0.1) is 0 Å². The molecular weight excluding hydrogens is 873 g/mol. The number of nitrogens with one attached hydrogen (secondary N) is 4. The van der Waals surface area contributed by atoms with E-state index in [-0.39, 0.29) is 23.9 Å². The van der Waals surface area contributed by atoms with Crippen LogP contribution in [-0.2, 0) is 44.7 Å². The van der Waals surface area contributed by atoms with Gasteiger partial charge in [0.2, 0.25) is 11.8 Å². The average Bonchev–Trinajstić information content (AvgIpc) is 4.19. The monoisotopic (exact) mass is 932 g/mol. The van der Waals surface area contributed by atoms with Crippen LogP contribution in [0.2, 0.25) is 0 Å². The van der Waals surface area contributed by atoms with E-state index in [1.54, 1.807) is 23.5 Å². The van der Waals surface area contributed by atoms with Crippen LogP contribution < -0.4 is 10.6 Å².